The zero-order valence-electron chi connectivity index (χ0n) is 14.0. The van der Waals surface area contributed by atoms with Gasteiger partial charge >= 0.3 is 0 Å². The van der Waals surface area contributed by atoms with Crippen molar-refractivity contribution in [3.05, 3.63) is 29.1 Å². The van der Waals surface area contributed by atoms with Crippen molar-refractivity contribution in [1.29, 1.82) is 0 Å². The fourth-order valence-corrected chi connectivity index (χ4v) is 4.12. The number of nitrogens with one attached hydrogen (secondary N) is 1. The van der Waals surface area contributed by atoms with Gasteiger partial charge in [0, 0.05) is 23.0 Å². The lowest BCUT2D eigenvalue weighted by Gasteiger charge is -2.47. The molecule has 1 aliphatic heterocycles. The van der Waals surface area contributed by atoms with E-state index < -0.39 is 0 Å². The van der Waals surface area contributed by atoms with Gasteiger partial charge in [-0.05, 0) is 77.0 Å². The van der Waals surface area contributed by atoms with Crippen LogP contribution in [-0.4, -0.2) is 16.1 Å². The number of nitrogens with zero attached hydrogens (tertiary/aromatic N) is 1. The van der Waals surface area contributed by atoms with Crippen LogP contribution in [0, 0.1) is 6.92 Å². The minimum absolute atomic E-state index is 0.201. The lowest BCUT2D eigenvalue weighted by atomic mass is 9.72. The SMILES string of the molecule is CCCc1c(C2CC(C)(C)NC(C)(C)C2)ccnc1C. The molecule has 0 unspecified atom stereocenters. The van der Waals surface area contributed by atoms with Crippen LogP contribution in [0.15, 0.2) is 12.3 Å². The first-order chi connectivity index (χ1) is 9.24. The van der Waals surface area contributed by atoms with E-state index >= 15 is 0 Å². The van der Waals surface area contributed by atoms with E-state index in [4.69, 9.17) is 0 Å². The van der Waals surface area contributed by atoms with Gasteiger partial charge in [0.25, 0.3) is 0 Å². The molecule has 0 spiro atoms. The summed E-state index contributed by atoms with van der Waals surface area (Å²) in [5.41, 5.74) is 4.66. The van der Waals surface area contributed by atoms with Crippen molar-refractivity contribution >= 4 is 0 Å². The summed E-state index contributed by atoms with van der Waals surface area (Å²) in [6.07, 6.45) is 6.75. The molecule has 1 N–H and O–H groups in total. The van der Waals surface area contributed by atoms with Crippen LogP contribution in [0.4, 0.5) is 0 Å². The van der Waals surface area contributed by atoms with E-state index in [9.17, 15) is 0 Å². The first-order valence-electron chi connectivity index (χ1n) is 7.98. The Kier molecular flexibility index (Phi) is 4.24. The van der Waals surface area contributed by atoms with Crippen LogP contribution < -0.4 is 5.32 Å². The minimum Gasteiger partial charge on any atom is -0.307 e. The fraction of sp³-hybridized carbons (Fsp3) is 0.722. The molecule has 2 heteroatoms. The molecule has 2 rings (SSSR count). The highest BCUT2D eigenvalue weighted by molar-refractivity contribution is 5.34. The van der Waals surface area contributed by atoms with Crippen LogP contribution in [0.3, 0.4) is 0 Å². The highest BCUT2D eigenvalue weighted by atomic mass is 15.0. The Bertz CT molecular complexity index is 458. The van der Waals surface area contributed by atoms with Gasteiger partial charge in [0.15, 0.2) is 0 Å². The standard InChI is InChI=1S/C18H30N2/c1-7-8-15-13(2)19-10-9-16(15)14-11-17(3,4)20-18(5,6)12-14/h9-10,14,20H,7-8,11-12H2,1-6H3. The number of piperidine rings is 1. The van der Waals surface area contributed by atoms with E-state index in [2.05, 4.69) is 57.9 Å². The van der Waals surface area contributed by atoms with E-state index in [1.54, 1.807) is 5.56 Å². The van der Waals surface area contributed by atoms with E-state index in [-0.39, 0.29) is 11.1 Å². The van der Waals surface area contributed by atoms with E-state index in [1.807, 2.05) is 6.20 Å². The summed E-state index contributed by atoms with van der Waals surface area (Å²) in [6.45, 7) is 13.7. The quantitative estimate of drug-likeness (QED) is 0.885. The first kappa shape index (κ1) is 15.5. The predicted octanol–water partition coefficient (Wildman–Crippen LogP) is 4.37. The molecule has 0 atom stereocenters. The summed E-state index contributed by atoms with van der Waals surface area (Å²) in [7, 11) is 0. The molecule has 20 heavy (non-hydrogen) atoms. The van der Waals surface area contributed by atoms with E-state index in [0.717, 1.165) is 6.42 Å². The molecule has 0 bridgehead atoms. The third-order valence-corrected chi connectivity index (χ3v) is 4.44. The molecule has 0 radical (unpaired) electrons. The molecule has 0 aromatic carbocycles. The summed E-state index contributed by atoms with van der Waals surface area (Å²) in [6, 6.07) is 2.26. The Morgan fingerprint density at radius 2 is 1.80 bits per heavy atom. The van der Waals surface area contributed by atoms with Crippen molar-refractivity contribution in [2.24, 2.45) is 0 Å². The van der Waals surface area contributed by atoms with Gasteiger partial charge in [-0.1, -0.05) is 13.3 Å². The Balaban J connectivity index is 2.38. The summed E-state index contributed by atoms with van der Waals surface area (Å²) in [4.78, 5) is 4.51. The Labute approximate surface area is 124 Å². The highest BCUT2D eigenvalue weighted by Crippen LogP contribution is 2.40. The topological polar surface area (TPSA) is 24.9 Å². The number of pyridine rings is 1. The summed E-state index contributed by atoms with van der Waals surface area (Å²) in [5, 5.41) is 3.78. The van der Waals surface area contributed by atoms with Crippen molar-refractivity contribution in [2.45, 2.75) is 84.2 Å². The van der Waals surface area contributed by atoms with Crippen LogP contribution in [0.2, 0.25) is 0 Å². The van der Waals surface area contributed by atoms with Crippen molar-refractivity contribution < 1.29 is 0 Å². The molecular formula is C18H30N2. The second kappa shape index (κ2) is 5.48. The summed E-state index contributed by atoms with van der Waals surface area (Å²) >= 11 is 0. The summed E-state index contributed by atoms with van der Waals surface area (Å²) in [5.74, 6) is 0.643. The largest absolute Gasteiger partial charge is 0.307 e. The molecule has 1 aliphatic rings. The normalized spacial score (nSPS) is 21.9. The third kappa shape index (κ3) is 3.41. The Morgan fingerprint density at radius 3 is 2.35 bits per heavy atom. The molecule has 1 fully saturated rings. The van der Waals surface area contributed by atoms with Gasteiger partial charge in [-0.25, -0.2) is 0 Å². The maximum atomic E-state index is 4.51. The monoisotopic (exact) mass is 274 g/mol. The van der Waals surface area contributed by atoms with E-state index in [0.29, 0.717) is 5.92 Å². The molecule has 2 heterocycles. The Hall–Kier alpha value is -0.890. The van der Waals surface area contributed by atoms with Gasteiger partial charge in [-0.15, -0.1) is 0 Å². The predicted molar refractivity (Wildman–Crippen MR) is 86.2 cm³/mol. The van der Waals surface area contributed by atoms with Gasteiger partial charge in [-0.2, -0.15) is 0 Å². The van der Waals surface area contributed by atoms with Gasteiger partial charge in [0.05, 0.1) is 0 Å². The van der Waals surface area contributed by atoms with Crippen LogP contribution in [0.25, 0.3) is 0 Å². The molecule has 0 aliphatic carbocycles. The molecule has 0 saturated carbocycles. The zero-order valence-corrected chi connectivity index (χ0v) is 14.0. The van der Waals surface area contributed by atoms with Gasteiger partial charge in [0.2, 0.25) is 0 Å². The zero-order chi connectivity index (χ0) is 15.0. The smallest absolute Gasteiger partial charge is 0.0407 e. The van der Waals surface area contributed by atoms with Crippen molar-refractivity contribution in [1.82, 2.24) is 10.3 Å². The maximum absolute atomic E-state index is 4.51. The van der Waals surface area contributed by atoms with Crippen LogP contribution in [0.5, 0.6) is 0 Å². The van der Waals surface area contributed by atoms with Crippen molar-refractivity contribution in [3.63, 3.8) is 0 Å². The average Bonchev–Trinajstić information content (AvgIpc) is 2.28. The maximum Gasteiger partial charge on any atom is 0.0407 e. The number of hydrogen-bond acceptors (Lipinski definition) is 2. The summed E-state index contributed by atoms with van der Waals surface area (Å²) < 4.78 is 0. The third-order valence-electron chi connectivity index (χ3n) is 4.44. The molecular weight excluding hydrogens is 244 g/mol. The second-order valence-electron chi connectivity index (χ2n) is 7.71. The Morgan fingerprint density at radius 1 is 1.20 bits per heavy atom. The number of aryl methyl sites for hydroxylation is 1. The van der Waals surface area contributed by atoms with Crippen LogP contribution >= 0.6 is 0 Å². The lowest BCUT2D eigenvalue weighted by Crippen LogP contribution is -2.57. The first-order valence-corrected chi connectivity index (χ1v) is 7.98. The van der Waals surface area contributed by atoms with Crippen LogP contribution in [0.1, 0.15) is 76.6 Å². The minimum atomic E-state index is 0.201. The van der Waals surface area contributed by atoms with E-state index in [1.165, 1.54) is 30.5 Å². The molecule has 2 nitrogen and oxygen atoms in total. The van der Waals surface area contributed by atoms with Gasteiger partial charge in [0.1, 0.15) is 0 Å². The van der Waals surface area contributed by atoms with Gasteiger partial charge in [-0.3, -0.25) is 4.98 Å². The number of hydrogen-bond donors (Lipinski definition) is 1. The van der Waals surface area contributed by atoms with Crippen molar-refractivity contribution in [3.8, 4) is 0 Å². The number of rotatable bonds is 3. The molecule has 1 saturated heterocycles. The molecule has 1 aromatic rings. The van der Waals surface area contributed by atoms with Crippen molar-refractivity contribution in [2.75, 3.05) is 0 Å². The molecule has 112 valence electrons. The second-order valence-corrected chi connectivity index (χ2v) is 7.71. The highest BCUT2D eigenvalue weighted by Gasteiger charge is 2.38. The van der Waals surface area contributed by atoms with Gasteiger partial charge < -0.3 is 5.32 Å². The fourth-order valence-electron chi connectivity index (χ4n) is 4.12. The molecule has 1 aromatic heterocycles. The molecule has 0 amide bonds. The van der Waals surface area contributed by atoms with Crippen LogP contribution in [-0.2, 0) is 6.42 Å². The number of aromatic nitrogens is 1. The lowest BCUT2D eigenvalue weighted by molar-refractivity contribution is 0.161. The average molecular weight is 274 g/mol.